The lowest BCUT2D eigenvalue weighted by atomic mass is 9.91. The second-order valence-electron chi connectivity index (χ2n) is 6.23. The molecule has 1 fully saturated rings. The lowest BCUT2D eigenvalue weighted by Gasteiger charge is -2.25. The maximum Gasteiger partial charge on any atom is 0.191 e. The van der Waals surface area contributed by atoms with Gasteiger partial charge < -0.3 is 15.4 Å². The predicted molar refractivity (Wildman–Crippen MR) is 106 cm³/mol. The van der Waals surface area contributed by atoms with Crippen LogP contribution in [-0.2, 0) is 10.2 Å². The molecular weight excluding hydrogens is 409 g/mol. The zero-order valence-corrected chi connectivity index (χ0v) is 16.9. The van der Waals surface area contributed by atoms with Crippen LogP contribution < -0.4 is 10.6 Å². The number of nitrogens with zero attached hydrogens (tertiary/aromatic N) is 1. The highest BCUT2D eigenvalue weighted by atomic mass is 127. The zero-order chi connectivity index (χ0) is 15.1. The number of halogens is 1. The van der Waals surface area contributed by atoms with E-state index in [9.17, 15) is 0 Å². The molecule has 1 heterocycles. The largest absolute Gasteiger partial charge is 0.379 e. The minimum absolute atomic E-state index is 0. The van der Waals surface area contributed by atoms with E-state index in [1.165, 1.54) is 17.7 Å². The van der Waals surface area contributed by atoms with Crippen molar-refractivity contribution in [2.24, 2.45) is 10.9 Å². The van der Waals surface area contributed by atoms with Crippen LogP contribution in [0.2, 0.25) is 0 Å². The van der Waals surface area contributed by atoms with Crippen LogP contribution in [0.15, 0.2) is 22.5 Å². The van der Waals surface area contributed by atoms with Gasteiger partial charge >= 0.3 is 0 Å². The Labute approximate surface area is 155 Å². The van der Waals surface area contributed by atoms with E-state index in [0.29, 0.717) is 0 Å². The number of hydrogen-bond acceptors (Lipinski definition) is 3. The molecule has 4 nitrogen and oxygen atoms in total. The number of aliphatic imine (C=N–C) groups is 1. The first-order valence-corrected chi connectivity index (χ1v) is 8.56. The molecule has 1 aromatic heterocycles. The normalized spacial score (nSPS) is 15.3. The molecule has 0 aliphatic heterocycles. The molecule has 6 heteroatoms. The average molecular weight is 437 g/mol. The number of thiophene rings is 1. The third kappa shape index (κ3) is 6.83. The van der Waals surface area contributed by atoms with Gasteiger partial charge in [0.1, 0.15) is 0 Å². The van der Waals surface area contributed by atoms with Crippen LogP contribution in [0.4, 0.5) is 0 Å². The number of nitrogens with one attached hydrogen (secondary N) is 2. The molecule has 0 bridgehead atoms. The van der Waals surface area contributed by atoms with E-state index in [-0.39, 0.29) is 29.4 Å². The van der Waals surface area contributed by atoms with Gasteiger partial charge in [-0.1, -0.05) is 19.9 Å². The van der Waals surface area contributed by atoms with Crippen molar-refractivity contribution in [3.63, 3.8) is 0 Å². The number of ether oxygens (including phenoxy) is 1. The highest BCUT2D eigenvalue weighted by molar-refractivity contribution is 14.0. The number of guanidine groups is 1. The number of rotatable bonds is 8. The molecule has 0 aromatic carbocycles. The maximum absolute atomic E-state index is 5.61. The fourth-order valence-electron chi connectivity index (χ4n) is 2.05. The summed E-state index contributed by atoms with van der Waals surface area (Å²) in [5, 5.41) is 8.83. The lowest BCUT2D eigenvalue weighted by molar-refractivity contribution is 0.129. The summed E-state index contributed by atoms with van der Waals surface area (Å²) in [4.78, 5) is 5.65. The maximum atomic E-state index is 5.61. The summed E-state index contributed by atoms with van der Waals surface area (Å²) in [6.45, 7) is 7.81. The van der Waals surface area contributed by atoms with E-state index in [1.54, 1.807) is 18.4 Å². The quantitative estimate of drug-likeness (QED) is 0.284. The Hall–Kier alpha value is -0.340. The minimum Gasteiger partial charge on any atom is -0.379 e. The molecule has 0 radical (unpaired) electrons. The molecule has 1 aliphatic carbocycles. The summed E-state index contributed by atoms with van der Waals surface area (Å²) >= 11 is 1.80. The first kappa shape index (κ1) is 19.7. The van der Waals surface area contributed by atoms with Crippen LogP contribution >= 0.6 is 35.3 Å². The topological polar surface area (TPSA) is 45.7 Å². The van der Waals surface area contributed by atoms with Crippen molar-refractivity contribution in [2.45, 2.75) is 32.1 Å². The van der Waals surface area contributed by atoms with E-state index in [0.717, 1.165) is 38.2 Å². The SMILES string of the molecule is CN=C(NCCOCC1CC1)NCC(C)(C)c1cccs1.I. The molecule has 1 saturated carbocycles. The van der Waals surface area contributed by atoms with Crippen LogP contribution in [0.3, 0.4) is 0 Å². The standard InChI is InChI=1S/C16H27N3OS.HI/c1-16(2,14-5-4-10-21-14)12-19-15(17-3)18-8-9-20-11-13-6-7-13;/h4-5,10,13H,6-9,11-12H2,1-3H3,(H2,17,18,19);1H. The summed E-state index contributed by atoms with van der Waals surface area (Å²) in [5.41, 5.74) is 0.105. The summed E-state index contributed by atoms with van der Waals surface area (Å²) in [6.07, 6.45) is 2.68. The third-order valence-electron chi connectivity index (χ3n) is 3.70. The van der Waals surface area contributed by atoms with Gasteiger partial charge in [0.2, 0.25) is 0 Å². The highest BCUT2D eigenvalue weighted by Crippen LogP contribution is 2.28. The Balaban J connectivity index is 0.00000242. The van der Waals surface area contributed by atoms with E-state index < -0.39 is 0 Å². The smallest absolute Gasteiger partial charge is 0.191 e. The van der Waals surface area contributed by atoms with Crippen LogP contribution in [-0.4, -0.2) is 39.3 Å². The van der Waals surface area contributed by atoms with Crippen LogP contribution in [0, 0.1) is 5.92 Å². The summed E-state index contributed by atoms with van der Waals surface area (Å²) < 4.78 is 5.61. The Kier molecular flexibility index (Phi) is 8.71. The summed E-state index contributed by atoms with van der Waals surface area (Å²) in [6, 6.07) is 4.29. The van der Waals surface area contributed by atoms with Gasteiger partial charge in [-0.15, -0.1) is 35.3 Å². The Morgan fingerprint density at radius 3 is 2.77 bits per heavy atom. The molecule has 1 aromatic rings. The van der Waals surface area contributed by atoms with E-state index in [2.05, 4.69) is 47.0 Å². The molecule has 2 rings (SSSR count). The van der Waals surface area contributed by atoms with Gasteiger partial charge in [-0.25, -0.2) is 0 Å². The van der Waals surface area contributed by atoms with Crippen molar-refractivity contribution in [2.75, 3.05) is 33.4 Å². The second kappa shape index (κ2) is 9.72. The van der Waals surface area contributed by atoms with Gasteiger partial charge in [0.05, 0.1) is 6.61 Å². The Bertz CT molecular complexity index is 444. The van der Waals surface area contributed by atoms with Crippen LogP contribution in [0.5, 0.6) is 0 Å². The fourth-order valence-corrected chi connectivity index (χ4v) is 2.90. The molecule has 0 spiro atoms. The van der Waals surface area contributed by atoms with Gasteiger partial charge in [-0.05, 0) is 30.2 Å². The molecule has 126 valence electrons. The zero-order valence-electron chi connectivity index (χ0n) is 13.7. The van der Waals surface area contributed by atoms with E-state index >= 15 is 0 Å². The Morgan fingerprint density at radius 1 is 1.41 bits per heavy atom. The monoisotopic (exact) mass is 437 g/mol. The van der Waals surface area contributed by atoms with Crippen molar-refractivity contribution < 1.29 is 4.74 Å². The van der Waals surface area contributed by atoms with Crippen molar-refractivity contribution in [1.82, 2.24) is 10.6 Å². The van der Waals surface area contributed by atoms with Crippen LogP contribution in [0.1, 0.15) is 31.6 Å². The van der Waals surface area contributed by atoms with Crippen molar-refractivity contribution in [3.8, 4) is 0 Å². The molecule has 0 unspecified atom stereocenters. The Morgan fingerprint density at radius 2 is 2.18 bits per heavy atom. The molecule has 22 heavy (non-hydrogen) atoms. The van der Waals surface area contributed by atoms with Gasteiger partial charge in [0.15, 0.2) is 5.96 Å². The van der Waals surface area contributed by atoms with E-state index in [1.807, 2.05) is 0 Å². The fraction of sp³-hybridized carbons (Fsp3) is 0.688. The first-order chi connectivity index (χ1) is 10.1. The summed E-state index contributed by atoms with van der Waals surface area (Å²) in [7, 11) is 1.80. The predicted octanol–water partition coefficient (Wildman–Crippen LogP) is 3.24. The van der Waals surface area contributed by atoms with Gasteiger partial charge in [-0.3, -0.25) is 4.99 Å². The molecule has 0 saturated heterocycles. The minimum atomic E-state index is 0. The van der Waals surface area contributed by atoms with Gasteiger partial charge in [-0.2, -0.15) is 0 Å². The third-order valence-corrected chi connectivity index (χ3v) is 4.93. The van der Waals surface area contributed by atoms with Gasteiger partial charge in [0, 0.05) is 37.0 Å². The highest BCUT2D eigenvalue weighted by Gasteiger charge is 2.22. The van der Waals surface area contributed by atoms with Gasteiger partial charge in [0.25, 0.3) is 0 Å². The molecule has 1 aliphatic rings. The molecule has 2 N–H and O–H groups in total. The van der Waals surface area contributed by atoms with Crippen LogP contribution in [0.25, 0.3) is 0 Å². The van der Waals surface area contributed by atoms with Crippen molar-refractivity contribution >= 4 is 41.3 Å². The molecular formula is C16H28IN3OS. The lowest BCUT2D eigenvalue weighted by Crippen LogP contribution is -2.44. The average Bonchev–Trinajstić information content (AvgIpc) is 3.11. The molecule has 0 atom stereocenters. The van der Waals surface area contributed by atoms with E-state index in [4.69, 9.17) is 4.74 Å². The number of hydrogen-bond donors (Lipinski definition) is 2. The van der Waals surface area contributed by atoms with Crippen molar-refractivity contribution in [1.29, 1.82) is 0 Å². The van der Waals surface area contributed by atoms with Crippen molar-refractivity contribution in [3.05, 3.63) is 22.4 Å². The second-order valence-corrected chi connectivity index (χ2v) is 7.18. The first-order valence-electron chi connectivity index (χ1n) is 7.68. The summed E-state index contributed by atoms with van der Waals surface area (Å²) in [5.74, 6) is 1.67. The molecule has 0 amide bonds.